The molecule has 2 aromatic rings. The van der Waals surface area contributed by atoms with E-state index in [4.69, 9.17) is 27.2 Å². The van der Waals surface area contributed by atoms with Gasteiger partial charge in [0.15, 0.2) is 0 Å². The van der Waals surface area contributed by atoms with Crippen LogP contribution in [0.3, 0.4) is 0 Å². The smallest absolute Gasteiger partial charge is 0.303 e. The number of rotatable bonds is 7. The third-order valence-electron chi connectivity index (χ3n) is 3.57. The van der Waals surface area contributed by atoms with Crippen LogP contribution in [-0.2, 0) is 11.4 Å². The standard InChI is InChI=1S/C18H20ClNO3/c1-12-9-14(16(20)7-8-17(21)22)10-15(19)18(12)23-11-13-5-3-2-4-6-13/h2-6,9-10,16H,7-8,11,20H2,1H3,(H,21,22). The summed E-state index contributed by atoms with van der Waals surface area (Å²) in [6.45, 7) is 2.34. The monoisotopic (exact) mass is 333 g/mol. The summed E-state index contributed by atoms with van der Waals surface area (Å²) < 4.78 is 5.82. The summed E-state index contributed by atoms with van der Waals surface area (Å²) in [5.41, 5.74) is 8.80. The molecule has 0 spiro atoms. The SMILES string of the molecule is Cc1cc(C(N)CCC(=O)O)cc(Cl)c1OCc1ccccc1. The van der Waals surface area contributed by atoms with Crippen LogP contribution >= 0.6 is 11.6 Å². The van der Waals surface area contributed by atoms with Gasteiger partial charge in [0, 0.05) is 12.5 Å². The molecule has 0 saturated carbocycles. The van der Waals surface area contributed by atoms with E-state index in [1.807, 2.05) is 43.3 Å². The van der Waals surface area contributed by atoms with E-state index in [-0.39, 0.29) is 12.5 Å². The fourth-order valence-corrected chi connectivity index (χ4v) is 2.66. The maximum atomic E-state index is 10.6. The Balaban J connectivity index is 2.09. The maximum Gasteiger partial charge on any atom is 0.303 e. The minimum Gasteiger partial charge on any atom is -0.487 e. The number of benzene rings is 2. The van der Waals surface area contributed by atoms with Gasteiger partial charge in [-0.1, -0.05) is 48.0 Å². The molecule has 3 N–H and O–H groups in total. The normalized spacial score (nSPS) is 12.0. The Bertz CT molecular complexity index is 650. The zero-order chi connectivity index (χ0) is 16.8. The van der Waals surface area contributed by atoms with Gasteiger partial charge in [-0.2, -0.15) is 0 Å². The summed E-state index contributed by atoms with van der Waals surface area (Å²) in [5.74, 6) is -0.226. The minimum absolute atomic E-state index is 0.0318. The molecule has 4 nitrogen and oxygen atoms in total. The van der Waals surface area contributed by atoms with Crippen molar-refractivity contribution in [1.82, 2.24) is 0 Å². The molecule has 122 valence electrons. The number of carbonyl (C=O) groups is 1. The van der Waals surface area contributed by atoms with Crippen LogP contribution < -0.4 is 10.5 Å². The minimum atomic E-state index is -0.855. The van der Waals surface area contributed by atoms with E-state index in [0.29, 0.717) is 23.8 Å². The number of nitrogens with two attached hydrogens (primary N) is 1. The van der Waals surface area contributed by atoms with Crippen molar-refractivity contribution in [1.29, 1.82) is 0 Å². The van der Waals surface area contributed by atoms with Gasteiger partial charge in [-0.15, -0.1) is 0 Å². The molecule has 0 bridgehead atoms. The zero-order valence-electron chi connectivity index (χ0n) is 13.0. The van der Waals surface area contributed by atoms with Crippen LogP contribution in [0.4, 0.5) is 0 Å². The van der Waals surface area contributed by atoms with Gasteiger partial charge in [0.05, 0.1) is 5.02 Å². The Hall–Kier alpha value is -2.04. The second kappa shape index (κ2) is 7.99. The second-order valence-corrected chi connectivity index (χ2v) is 5.87. The van der Waals surface area contributed by atoms with E-state index in [0.717, 1.165) is 16.7 Å². The van der Waals surface area contributed by atoms with Gasteiger partial charge in [0.25, 0.3) is 0 Å². The number of ether oxygens (including phenoxy) is 1. The lowest BCUT2D eigenvalue weighted by Crippen LogP contribution is -2.12. The van der Waals surface area contributed by atoms with Crippen LogP contribution in [0, 0.1) is 6.92 Å². The molecular formula is C18H20ClNO3. The Kier molecular flexibility index (Phi) is 6.02. The summed E-state index contributed by atoms with van der Waals surface area (Å²) >= 11 is 6.31. The maximum absolute atomic E-state index is 10.6. The first kappa shape index (κ1) is 17.3. The number of halogens is 1. The topological polar surface area (TPSA) is 72.6 Å². The van der Waals surface area contributed by atoms with Crippen LogP contribution in [0.25, 0.3) is 0 Å². The second-order valence-electron chi connectivity index (χ2n) is 5.46. The summed E-state index contributed by atoms with van der Waals surface area (Å²) in [6.07, 6.45) is 0.402. The highest BCUT2D eigenvalue weighted by molar-refractivity contribution is 6.32. The fraction of sp³-hybridized carbons (Fsp3) is 0.278. The van der Waals surface area contributed by atoms with Crippen molar-refractivity contribution >= 4 is 17.6 Å². The van der Waals surface area contributed by atoms with Crippen LogP contribution in [0.15, 0.2) is 42.5 Å². The van der Waals surface area contributed by atoms with E-state index in [9.17, 15) is 4.79 Å². The van der Waals surface area contributed by atoms with Gasteiger partial charge < -0.3 is 15.6 Å². The highest BCUT2D eigenvalue weighted by atomic mass is 35.5. The van der Waals surface area contributed by atoms with Crippen LogP contribution in [-0.4, -0.2) is 11.1 Å². The predicted octanol–water partition coefficient (Wildman–Crippen LogP) is 4.09. The molecule has 0 amide bonds. The Morgan fingerprint density at radius 1 is 1.30 bits per heavy atom. The van der Waals surface area contributed by atoms with Gasteiger partial charge in [-0.25, -0.2) is 0 Å². The highest BCUT2D eigenvalue weighted by Crippen LogP contribution is 2.33. The molecule has 1 atom stereocenters. The molecule has 0 radical (unpaired) electrons. The molecule has 0 fully saturated rings. The molecule has 0 heterocycles. The third kappa shape index (κ3) is 4.98. The number of carboxylic acids is 1. The lowest BCUT2D eigenvalue weighted by Gasteiger charge is -2.16. The first-order valence-electron chi connectivity index (χ1n) is 7.41. The highest BCUT2D eigenvalue weighted by Gasteiger charge is 2.14. The van der Waals surface area contributed by atoms with Gasteiger partial charge in [0.2, 0.25) is 0 Å². The van der Waals surface area contributed by atoms with Crippen molar-refractivity contribution in [3.05, 3.63) is 64.2 Å². The molecule has 0 aliphatic heterocycles. The lowest BCUT2D eigenvalue weighted by atomic mass is 10.0. The molecular weight excluding hydrogens is 314 g/mol. The van der Waals surface area contributed by atoms with Crippen molar-refractivity contribution in [2.24, 2.45) is 5.73 Å². The van der Waals surface area contributed by atoms with Crippen molar-refractivity contribution in [2.75, 3.05) is 0 Å². The molecule has 23 heavy (non-hydrogen) atoms. The van der Waals surface area contributed by atoms with Crippen molar-refractivity contribution in [3.63, 3.8) is 0 Å². The van der Waals surface area contributed by atoms with E-state index in [2.05, 4.69) is 0 Å². The summed E-state index contributed by atoms with van der Waals surface area (Å²) in [6, 6.07) is 13.1. The number of aliphatic carboxylic acids is 1. The molecule has 2 aromatic carbocycles. The first-order chi connectivity index (χ1) is 11.0. The summed E-state index contributed by atoms with van der Waals surface area (Å²) in [4.78, 5) is 10.6. The Labute approximate surface area is 140 Å². The van der Waals surface area contributed by atoms with Crippen LogP contribution in [0.2, 0.25) is 5.02 Å². The van der Waals surface area contributed by atoms with Crippen LogP contribution in [0.5, 0.6) is 5.75 Å². The zero-order valence-corrected chi connectivity index (χ0v) is 13.7. The predicted molar refractivity (Wildman–Crippen MR) is 90.8 cm³/mol. The van der Waals surface area contributed by atoms with Gasteiger partial charge in [-0.05, 0) is 36.1 Å². The van der Waals surface area contributed by atoms with Crippen molar-refractivity contribution < 1.29 is 14.6 Å². The average molecular weight is 334 g/mol. The summed E-state index contributed by atoms with van der Waals surface area (Å²) in [5, 5.41) is 9.23. The van der Waals surface area contributed by atoms with Gasteiger partial charge in [0.1, 0.15) is 12.4 Å². The first-order valence-corrected chi connectivity index (χ1v) is 7.79. The number of hydrogen-bond donors (Lipinski definition) is 2. The molecule has 1 unspecified atom stereocenters. The summed E-state index contributed by atoms with van der Waals surface area (Å²) in [7, 11) is 0. The third-order valence-corrected chi connectivity index (χ3v) is 3.86. The molecule has 0 saturated heterocycles. The Morgan fingerprint density at radius 2 is 2.00 bits per heavy atom. The quantitative estimate of drug-likeness (QED) is 0.800. The Morgan fingerprint density at radius 3 is 2.61 bits per heavy atom. The number of hydrogen-bond acceptors (Lipinski definition) is 3. The molecule has 0 aliphatic carbocycles. The number of aryl methyl sites for hydroxylation is 1. The molecule has 2 rings (SSSR count). The van der Waals surface area contributed by atoms with E-state index >= 15 is 0 Å². The van der Waals surface area contributed by atoms with Crippen molar-refractivity contribution in [2.45, 2.75) is 32.4 Å². The average Bonchev–Trinajstić information content (AvgIpc) is 2.52. The largest absolute Gasteiger partial charge is 0.487 e. The molecule has 5 heteroatoms. The number of carboxylic acid groups (broad SMARTS) is 1. The van der Waals surface area contributed by atoms with Crippen molar-refractivity contribution in [3.8, 4) is 5.75 Å². The molecule has 0 aliphatic rings. The fourth-order valence-electron chi connectivity index (χ4n) is 2.33. The van der Waals surface area contributed by atoms with Gasteiger partial charge in [-0.3, -0.25) is 4.79 Å². The van der Waals surface area contributed by atoms with E-state index in [1.54, 1.807) is 6.07 Å². The lowest BCUT2D eigenvalue weighted by molar-refractivity contribution is -0.137. The van der Waals surface area contributed by atoms with Crippen LogP contribution in [0.1, 0.15) is 35.6 Å². The van der Waals surface area contributed by atoms with E-state index < -0.39 is 5.97 Å². The van der Waals surface area contributed by atoms with E-state index in [1.165, 1.54) is 0 Å². The molecule has 0 aromatic heterocycles. The van der Waals surface area contributed by atoms with Gasteiger partial charge >= 0.3 is 5.97 Å².